The molecule has 1 heterocycles. The lowest BCUT2D eigenvalue weighted by Gasteiger charge is -2.22. The van der Waals surface area contributed by atoms with Gasteiger partial charge < -0.3 is 10.2 Å². The van der Waals surface area contributed by atoms with Gasteiger partial charge in [-0.05, 0) is 47.4 Å². The second-order valence-corrected chi connectivity index (χ2v) is 8.34. The van der Waals surface area contributed by atoms with Crippen molar-refractivity contribution in [3.8, 4) is 34.2 Å². The van der Waals surface area contributed by atoms with E-state index in [0.29, 0.717) is 22.9 Å². The number of hydrogen-bond acceptors (Lipinski definition) is 4. The van der Waals surface area contributed by atoms with E-state index in [1.165, 1.54) is 0 Å². The van der Waals surface area contributed by atoms with Crippen molar-refractivity contribution in [2.75, 3.05) is 0 Å². The van der Waals surface area contributed by atoms with Gasteiger partial charge in [-0.15, -0.1) is 5.10 Å². The minimum atomic E-state index is -0.988. The second-order valence-electron chi connectivity index (χ2n) is 8.34. The molecule has 0 unspecified atom stereocenters. The summed E-state index contributed by atoms with van der Waals surface area (Å²) in [6.07, 6.45) is 0. The summed E-state index contributed by atoms with van der Waals surface area (Å²) in [5, 5.41) is 24.2. The van der Waals surface area contributed by atoms with Crippen LogP contribution in [0.3, 0.4) is 0 Å². The Bertz CT molecular complexity index is 1250. The van der Waals surface area contributed by atoms with Gasteiger partial charge in [0.25, 0.3) is 0 Å². The van der Waals surface area contributed by atoms with Crippen molar-refractivity contribution < 1.29 is 15.0 Å². The highest BCUT2D eigenvalue weighted by Gasteiger charge is 2.24. The summed E-state index contributed by atoms with van der Waals surface area (Å²) in [6.45, 7) is 6.41. The average molecular weight is 413 g/mol. The van der Waals surface area contributed by atoms with E-state index in [1.807, 2.05) is 24.3 Å². The zero-order valence-corrected chi connectivity index (χ0v) is 17.6. The Kier molecular flexibility index (Phi) is 5.07. The Hall–Kier alpha value is -3.93. The average Bonchev–Trinajstić information content (AvgIpc) is 3.18. The lowest BCUT2D eigenvalue weighted by molar-refractivity contribution is 0.0697. The van der Waals surface area contributed by atoms with E-state index in [2.05, 4.69) is 31.9 Å². The number of aromatic carboxylic acids is 1. The van der Waals surface area contributed by atoms with Gasteiger partial charge in [-0.25, -0.2) is 14.5 Å². The normalized spacial score (nSPS) is 11.5. The van der Waals surface area contributed by atoms with Gasteiger partial charge in [-0.1, -0.05) is 57.2 Å². The fourth-order valence-electron chi connectivity index (χ4n) is 3.52. The number of hydrogen-bond donors (Lipinski definition) is 2. The zero-order valence-electron chi connectivity index (χ0n) is 17.6. The van der Waals surface area contributed by atoms with Crippen LogP contribution in [0.15, 0.2) is 72.8 Å². The summed E-state index contributed by atoms with van der Waals surface area (Å²) in [4.78, 5) is 16.1. The van der Waals surface area contributed by atoms with Gasteiger partial charge in [0.2, 0.25) is 0 Å². The van der Waals surface area contributed by atoms with Gasteiger partial charge in [-0.3, -0.25) is 0 Å². The van der Waals surface area contributed by atoms with E-state index >= 15 is 0 Å². The van der Waals surface area contributed by atoms with Crippen molar-refractivity contribution in [3.05, 3.63) is 83.9 Å². The summed E-state index contributed by atoms with van der Waals surface area (Å²) in [6, 6.07) is 21.4. The first-order chi connectivity index (χ1) is 14.8. The molecule has 1 aromatic heterocycles. The molecule has 0 atom stereocenters. The number of benzene rings is 3. The smallest absolute Gasteiger partial charge is 0.335 e. The predicted octanol–water partition coefficient (Wildman–Crippen LogP) is 5.30. The molecule has 0 fully saturated rings. The molecule has 31 heavy (non-hydrogen) atoms. The number of aromatic hydroxyl groups is 1. The maximum atomic E-state index is 11.3. The van der Waals surface area contributed by atoms with Crippen LogP contribution in [0.4, 0.5) is 0 Å². The highest BCUT2D eigenvalue weighted by Crippen LogP contribution is 2.35. The van der Waals surface area contributed by atoms with Gasteiger partial charge in [-0.2, -0.15) is 0 Å². The van der Waals surface area contributed by atoms with Crippen molar-refractivity contribution in [3.63, 3.8) is 0 Å². The fourth-order valence-corrected chi connectivity index (χ4v) is 3.52. The summed E-state index contributed by atoms with van der Waals surface area (Å²) in [7, 11) is 0. The Morgan fingerprint density at radius 1 is 0.871 bits per heavy atom. The first kappa shape index (κ1) is 20.3. The molecule has 0 aliphatic heterocycles. The molecule has 0 radical (unpaired) electrons. The molecule has 0 amide bonds. The first-order valence-electron chi connectivity index (χ1n) is 9.95. The maximum absolute atomic E-state index is 11.3. The predicted molar refractivity (Wildman–Crippen MR) is 120 cm³/mol. The molecular formula is C25H23N3O3. The molecule has 0 saturated heterocycles. The van der Waals surface area contributed by atoms with Crippen LogP contribution in [0.25, 0.3) is 28.5 Å². The first-order valence-corrected chi connectivity index (χ1v) is 9.95. The van der Waals surface area contributed by atoms with Gasteiger partial charge in [0.1, 0.15) is 5.75 Å². The Morgan fingerprint density at radius 3 is 2.10 bits per heavy atom. The lowest BCUT2D eigenvalue weighted by atomic mass is 9.83. The molecule has 3 aromatic carbocycles. The maximum Gasteiger partial charge on any atom is 0.335 e. The monoisotopic (exact) mass is 413 g/mol. The van der Waals surface area contributed by atoms with Crippen molar-refractivity contribution >= 4 is 5.97 Å². The highest BCUT2D eigenvalue weighted by molar-refractivity contribution is 5.87. The molecule has 6 nitrogen and oxygen atoms in total. The van der Waals surface area contributed by atoms with Crippen LogP contribution < -0.4 is 0 Å². The van der Waals surface area contributed by atoms with E-state index in [-0.39, 0.29) is 16.7 Å². The quantitative estimate of drug-likeness (QED) is 0.474. The van der Waals surface area contributed by atoms with Gasteiger partial charge in [0.15, 0.2) is 11.6 Å². The van der Waals surface area contributed by atoms with Crippen LogP contribution in [-0.4, -0.2) is 30.9 Å². The van der Waals surface area contributed by atoms with Crippen LogP contribution in [0.5, 0.6) is 5.75 Å². The minimum Gasteiger partial charge on any atom is -0.507 e. The zero-order chi connectivity index (χ0) is 22.2. The van der Waals surface area contributed by atoms with E-state index < -0.39 is 5.97 Å². The standard InChI is InChI=1S/C25H23N3O3/c1-25(2,3)20-10-6-4-8-18(20)23-26-22(19-9-5-7-11-21(19)29)27-28(23)17-14-12-16(13-15-17)24(30)31/h4-15,29H,1-3H3,(H,30,31). The van der Waals surface area contributed by atoms with Crippen molar-refractivity contribution in [1.82, 2.24) is 14.8 Å². The number of rotatable bonds is 4. The molecule has 0 aliphatic carbocycles. The Morgan fingerprint density at radius 2 is 1.48 bits per heavy atom. The van der Waals surface area contributed by atoms with E-state index in [0.717, 1.165) is 11.1 Å². The largest absolute Gasteiger partial charge is 0.507 e. The van der Waals surface area contributed by atoms with Crippen molar-refractivity contribution in [2.45, 2.75) is 26.2 Å². The number of nitrogens with zero attached hydrogens (tertiary/aromatic N) is 3. The third kappa shape index (κ3) is 3.92. The number of carboxylic acid groups (broad SMARTS) is 1. The topological polar surface area (TPSA) is 88.2 Å². The van der Waals surface area contributed by atoms with Crippen molar-refractivity contribution in [2.24, 2.45) is 0 Å². The highest BCUT2D eigenvalue weighted by atomic mass is 16.4. The number of phenolic OH excluding ortho intramolecular Hbond substituents is 1. The van der Waals surface area contributed by atoms with E-state index in [4.69, 9.17) is 4.98 Å². The number of aromatic nitrogens is 3. The van der Waals surface area contributed by atoms with E-state index in [1.54, 1.807) is 47.1 Å². The Labute approximate surface area is 180 Å². The molecule has 156 valence electrons. The van der Waals surface area contributed by atoms with Crippen LogP contribution >= 0.6 is 0 Å². The molecule has 2 N–H and O–H groups in total. The SMILES string of the molecule is CC(C)(C)c1ccccc1-c1nc(-c2ccccc2O)nn1-c1ccc(C(=O)O)cc1. The number of carbonyl (C=O) groups is 1. The Balaban J connectivity index is 1.96. The van der Waals surface area contributed by atoms with Crippen LogP contribution in [0, 0.1) is 0 Å². The molecule has 4 aromatic rings. The lowest BCUT2D eigenvalue weighted by Crippen LogP contribution is -2.14. The van der Waals surface area contributed by atoms with Gasteiger partial charge in [0, 0.05) is 5.56 Å². The molecule has 4 rings (SSSR count). The summed E-state index contributed by atoms with van der Waals surface area (Å²) >= 11 is 0. The minimum absolute atomic E-state index is 0.0940. The third-order valence-corrected chi connectivity index (χ3v) is 5.09. The number of phenols is 1. The van der Waals surface area contributed by atoms with Gasteiger partial charge >= 0.3 is 5.97 Å². The van der Waals surface area contributed by atoms with Crippen LogP contribution in [0.1, 0.15) is 36.7 Å². The van der Waals surface area contributed by atoms with E-state index in [9.17, 15) is 15.0 Å². The molecule has 6 heteroatoms. The summed E-state index contributed by atoms with van der Waals surface area (Å²) < 4.78 is 1.69. The van der Waals surface area contributed by atoms with Crippen LogP contribution in [-0.2, 0) is 5.41 Å². The molecular weight excluding hydrogens is 390 g/mol. The second kappa shape index (κ2) is 7.72. The molecule has 0 bridgehead atoms. The summed E-state index contributed by atoms with van der Waals surface area (Å²) in [5.41, 5.74) is 3.30. The third-order valence-electron chi connectivity index (χ3n) is 5.09. The number of carboxylic acids is 1. The molecule has 0 saturated carbocycles. The van der Waals surface area contributed by atoms with Crippen LogP contribution in [0.2, 0.25) is 0 Å². The van der Waals surface area contributed by atoms with Crippen molar-refractivity contribution in [1.29, 1.82) is 0 Å². The van der Waals surface area contributed by atoms with Gasteiger partial charge in [0.05, 0.1) is 16.8 Å². The fraction of sp³-hybridized carbons (Fsp3) is 0.160. The molecule has 0 aliphatic rings. The number of para-hydroxylation sites is 1. The molecule has 0 spiro atoms. The summed E-state index contributed by atoms with van der Waals surface area (Å²) in [5.74, 6) is 0.112.